The minimum Gasteiger partial charge on any atom is -0.358 e. The molecule has 2 heterocycles. The third-order valence-electron chi connectivity index (χ3n) is 2.41. The first-order valence-corrected chi connectivity index (χ1v) is 4.67. The van der Waals surface area contributed by atoms with E-state index in [0.717, 1.165) is 11.3 Å². The maximum absolute atomic E-state index is 10.7. The van der Waals surface area contributed by atoms with E-state index in [0.29, 0.717) is 5.82 Å². The zero-order valence-electron chi connectivity index (χ0n) is 9.21. The number of nitrogens with zero attached hydrogens (tertiary/aromatic N) is 5. The molecule has 0 amide bonds. The normalized spacial score (nSPS) is 10.7. The average molecular weight is 221 g/mol. The van der Waals surface area contributed by atoms with E-state index in [2.05, 4.69) is 10.1 Å². The van der Waals surface area contributed by atoms with Crippen molar-refractivity contribution >= 4 is 5.82 Å². The topological polar surface area (TPSA) is 78.8 Å². The van der Waals surface area contributed by atoms with Crippen LogP contribution >= 0.6 is 0 Å². The summed E-state index contributed by atoms with van der Waals surface area (Å²) < 4.78 is 3.11. The summed E-state index contributed by atoms with van der Waals surface area (Å²) in [5.41, 5.74) is 1.60. The van der Waals surface area contributed by atoms with Crippen LogP contribution in [0.4, 0.5) is 5.82 Å². The van der Waals surface area contributed by atoms with Crippen molar-refractivity contribution in [3.8, 4) is 11.4 Å². The third-order valence-corrected chi connectivity index (χ3v) is 2.41. The van der Waals surface area contributed by atoms with Crippen LogP contribution < -0.4 is 0 Å². The van der Waals surface area contributed by atoms with Gasteiger partial charge in [-0.05, 0) is 11.8 Å². The molecule has 0 fully saturated rings. The van der Waals surface area contributed by atoms with Crippen molar-refractivity contribution in [2.24, 2.45) is 14.1 Å². The Hall–Kier alpha value is -2.18. The molecule has 0 radical (unpaired) electrons. The summed E-state index contributed by atoms with van der Waals surface area (Å²) in [4.78, 5) is 14.3. The van der Waals surface area contributed by atoms with Gasteiger partial charge in [-0.2, -0.15) is 5.10 Å². The lowest BCUT2D eigenvalue weighted by Crippen LogP contribution is -1.99. The van der Waals surface area contributed by atoms with Crippen LogP contribution in [0.25, 0.3) is 11.4 Å². The quantitative estimate of drug-likeness (QED) is 0.560. The molecule has 2 aromatic rings. The Labute approximate surface area is 91.5 Å². The molecule has 0 aliphatic carbocycles. The van der Waals surface area contributed by atoms with E-state index < -0.39 is 4.92 Å². The molecule has 2 rings (SSSR count). The second kappa shape index (κ2) is 3.44. The predicted molar refractivity (Wildman–Crippen MR) is 56.8 cm³/mol. The van der Waals surface area contributed by atoms with Crippen molar-refractivity contribution in [1.29, 1.82) is 0 Å². The number of aryl methyl sites for hydroxylation is 2. The van der Waals surface area contributed by atoms with Crippen molar-refractivity contribution in [3.05, 3.63) is 28.2 Å². The minimum atomic E-state index is -0.456. The molecule has 7 heteroatoms. The Kier molecular flexibility index (Phi) is 2.22. The van der Waals surface area contributed by atoms with Gasteiger partial charge < -0.3 is 10.1 Å². The van der Waals surface area contributed by atoms with Gasteiger partial charge in [0.2, 0.25) is 5.82 Å². The molecule has 0 N–H and O–H groups in total. The lowest BCUT2D eigenvalue weighted by molar-refractivity contribution is -0.391. The number of rotatable bonds is 2. The van der Waals surface area contributed by atoms with Crippen molar-refractivity contribution in [1.82, 2.24) is 19.3 Å². The summed E-state index contributed by atoms with van der Waals surface area (Å²) in [6.07, 6.45) is 3.04. The van der Waals surface area contributed by atoms with Gasteiger partial charge in [-0.1, -0.05) is 0 Å². The van der Waals surface area contributed by atoms with Crippen molar-refractivity contribution < 1.29 is 4.92 Å². The van der Waals surface area contributed by atoms with Gasteiger partial charge in [0, 0.05) is 13.2 Å². The lowest BCUT2D eigenvalue weighted by Gasteiger charge is -1.96. The Morgan fingerprint density at radius 2 is 2.12 bits per heavy atom. The maximum atomic E-state index is 10.7. The fourth-order valence-electron chi connectivity index (χ4n) is 1.64. The molecule has 0 spiro atoms. The number of hydrogen-bond acceptors (Lipinski definition) is 4. The van der Waals surface area contributed by atoms with Gasteiger partial charge in [-0.25, -0.2) is 9.55 Å². The zero-order chi connectivity index (χ0) is 11.9. The van der Waals surface area contributed by atoms with Crippen molar-refractivity contribution in [3.63, 3.8) is 0 Å². The van der Waals surface area contributed by atoms with E-state index in [4.69, 9.17) is 0 Å². The largest absolute Gasteiger partial charge is 0.358 e. The fourth-order valence-corrected chi connectivity index (χ4v) is 1.64. The second-order valence-corrected chi connectivity index (χ2v) is 3.56. The van der Waals surface area contributed by atoms with Crippen molar-refractivity contribution in [2.45, 2.75) is 6.92 Å². The molecule has 84 valence electrons. The molecule has 7 nitrogen and oxygen atoms in total. The number of imidazole rings is 1. The van der Waals surface area contributed by atoms with Crippen LogP contribution in [0.15, 0.2) is 12.4 Å². The van der Waals surface area contributed by atoms with Gasteiger partial charge in [0.15, 0.2) is 0 Å². The molecule has 0 saturated heterocycles. The minimum absolute atomic E-state index is 0.0294. The first-order chi connectivity index (χ1) is 7.50. The number of nitro groups is 1. The van der Waals surface area contributed by atoms with Crippen LogP contribution in [0.3, 0.4) is 0 Å². The van der Waals surface area contributed by atoms with E-state index in [1.807, 2.05) is 6.92 Å². The summed E-state index contributed by atoms with van der Waals surface area (Å²) in [6, 6.07) is 0. The third kappa shape index (κ3) is 1.46. The van der Waals surface area contributed by atoms with Crippen LogP contribution in [0.2, 0.25) is 0 Å². The van der Waals surface area contributed by atoms with Gasteiger partial charge in [-0.15, -0.1) is 0 Å². The van der Waals surface area contributed by atoms with Crippen LogP contribution in [-0.4, -0.2) is 24.3 Å². The molecular weight excluding hydrogens is 210 g/mol. The summed E-state index contributed by atoms with van der Waals surface area (Å²) in [7, 11) is 3.42. The average Bonchev–Trinajstić information content (AvgIpc) is 2.69. The summed E-state index contributed by atoms with van der Waals surface area (Å²) in [6.45, 7) is 1.84. The highest BCUT2D eigenvalue weighted by Gasteiger charge is 2.20. The molecular formula is C9H11N5O2. The Balaban J connectivity index is 2.57. The maximum Gasteiger partial charge on any atom is 0.342 e. The SMILES string of the molecule is Cc1nn(C)cc1-c1ncc([N+](=O)[O-])n1C. The predicted octanol–water partition coefficient (Wildman–Crippen LogP) is 1.04. The van der Waals surface area contributed by atoms with Gasteiger partial charge in [0.25, 0.3) is 0 Å². The standard InChI is InChI=1S/C9H11N5O2/c1-6-7(5-12(2)11-6)9-10-4-8(13(9)3)14(15)16/h4-5H,1-3H3. The summed E-state index contributed by atoms with van der Waals surface area (Å²) in [5.74, 6) is 0.524. The highest BCUT2D eigenvalue weighted by Crippen LogP contribution is 2.24. The molecule has 0 aliphatic rings. The van der Waals surface area contributed by atoms with E-state index in [-0.39, 0.29) is 5.82 Å². The monoisotopic (exact) mass is 221 g/mol. The van der Waals surface area contributed by atoms with Crippen LogP contribution in [0.5, 0.6) is 0 Å². The lowest BCUT2D eigenvalue weighted by atomic mass is 10.2. The van der Waals surface area contributed by atoms with Gasteiger partial charge in [0.1, 0.15) is 6.20 Å². The molecule has 16 heavy (non-hydrogen) atoms. The van der Waals surface area contributed by atoms with E-state index in [1.54, 1.807) is 25.0 Å². The van der Waals surface area contributed by atoms with Gasteiger partial charge >= 0.3 is 5.82 Å². The highest BCUT2D eigenvalue weighted by atomic mass is 16.6. The number of aromatic nitrogens is 4. The zero-order valence-corrected chi connectivity index (χ0v) is 9.21. The van der Waals surface area contributed by atoms with Crippen LogP contribution in [-0.2, 0) is 14.1 Å². The number of hydrogen-bond donors (Lipinski definition) is 0. The fraction of sp³-hybridized carbons (Fsp3) is 0.333. The Morgan fingerprint density at radius 3 is 2.56 bits per heavy atom. The molecule has 0 aromatic carbocycles. The van der Waals surface area contributed by atoms with Crippen LogP contribution in [0.1, 0.15) is 5.69 Å². The Bertz CT molecular complexity index is 554. The molecule has 0 unspecified atom stereocenters. The smallest absolute Gasteiger partial charge is 0.342 e. The van der Waals surface area contributed by atoms with E-state index in [1.165, 1.54) is 10.8 Å². The first-order valence-electron chi connectivity index (χ1n) is 4.67. The molecule has 0 aliphatic heterocycles. The molecule has 0 bridgehead atoms. The van der Waals surface area contributed by atoms with Gasteiger partial charge in [0.05, 0.1) is 18.3 Å². The van der Waals surface area contributed by atoms with Crippen molar-refractivity contribution in [2.75, 3.05) is 0 Å². The van der Waals surface area contributed by atoms with E-state index >= 15 is 0 Å². The highest BCUT2D eigenvalue weighted by molar-refractivity contribution is 5.59. The van der Waals surface area contributed by atoms with E-state index in [9.17, 15) is 10.1 Å². The van der Waals surface area contributed by atoms with Gasteiger partial charge in [-0.3, -0.25) is 4.68 Å². The molecule has 0 atom stereocenters. The molecule has 0 saturated carbocycles. The second-order valence-electron chi connectivity index (χ2n) is 3.56. The first kappa shape index (κ1) is 10.3. The molecule has 2 aromatic heterocycles. The Morgan fingerprint density at radius 1 is 1.44 bits per heavy atom. The van der Waals surface area contributed by atoms with Crippen LogP contribution in [0, 0.1) is 17.0 Å². The summed E-state index contributed by atoms with van der Waals surface area (Å²) >= 11 is 0. The summed E-state index contributed by atoms with van der Waals surface area (Å²) in [5, 5.41) is 14.9.